The zero-order valence-corrected chi connectivity index (χ0v) is 17.5. The predicted octanol–water partition coefficient (Wildman–Crippen LogP) is 3.62. The van der Waals surface area contributed by atoms with Gasteiger partial charge in [0.1, 0.15) is 18.2 Å². The van der Waals surface area contributed by atoms with Crippen molar-refractivity contribution in [2.24, 2.45) is 4.99 Å². The van der Waals surface area contributed by atoms with Crippen molar-refractivity contribution >= 4 is 41.5 Å². The lowest BCUT2D eigenvalue weighted by Gasteiger charge is -2.22. The van der Waals surface area contributed by atoms with E-state index in [2.05, 4.69) is 15.6 Å². The van der Waals surface area contributed by atoms with Crippen molar-refractivity contribution in [2.75, 3.05) is 25.5 Å². The predicted molar refractivity (Wildman–Crippen MR) is 114 cm³/mol. The summed E-state index contributed by atoms with van der Waals surface area (Å²) in [7, 11) is 1.81. The van der Waals surface area contributed by atoms with Crippen LogP contribution in [0.1, 0.15) is 12.5 Å². The summed E-state index contributed by atoms with van der Waals surface area (Å²) in [6, 6.07) is 11.8. The Bertz CT molecular complexity index is 769. The van der Waals surface area contributed by atoms with Gasteiger partial charge in [-0.15, -0.1) is 24.0 Å². The summed E-state index contributed by atoms with van der Waals surface area (Å²) in [6.45, 7) is 2.91. The molecule has 0 heterocycles. The van der Waals surface area contributed by atoms with E-state index in [-0.39, 0.29) is 48.1 Å². The Morgan fingerprint density at radius 2 is 1.81 bits per heavy atom. The topological polar surface area (TPSA) is 56.7 Å². The minimum Gasteiger partial charge on any atom is -0.357 e. The molecule has 2 rings (SSSR count). The molecule has 27 heavy (non-hydrogen) atoms. The van der Waals surface area contributed by atoms with Crippen LogP contribution in [0.15, 0.2) is 53.5 Å². The molecule has 0 aliphatic heterocycles. The van der Waals surface area contributed by atoms with E-state index in [1.807, 2.05) is 24.9 Å². The van der Waals surface area contributed by atoms with Crippen molar-refractivity contribution in [3.63, 3.8) is 0 Å². The van der Waals surface area contributed by atoms with Crippen molar-refractivity contribution in [3.05, 3.63) is 65.7 Å². The lowest BCUT2D eigenvalue weighted by atomic mass is 10.2. The number of halogens is 3. The third kappa shape index (κ3) is 7.90. The zero-order valence-electron chi connectivity index (χ0n) is 15.2. The second-order valence-corrected chi connectivity index (χ2v) is 5.71. The molecule has 0 unspecified atom stereocenters. The van der Waals surface area contributed by atoms with E-state index in [0.717, 1.165) is 5.56 Å². The highest BCUT2D eigenvalue weighted by atomic mass is 127. The quantitative estimate of drug-likeness (QED) is 0.371. The molecular weight excluding hydrogens is 465 g/mol. The molecule has 5 nitrogen and oxygen atoms in total. The lowest BCUT2D eigenvalue weighted by Crippen LogP contribution is -2.39. The van der Waals surface area contributed by atoms with Crippen LogP contribution in [0.5, 0.6) is 0 Å². The fraction of sp³-hybridized carbons (Fsp3) is 0.263. The summed E-state index contributed by atoms with van der Waals surface area (Å²) >= 11 is 0. The highest BCUT2D eigenvalue weighted by molar-refractivity contribution is 14.0. The second-order valence-electron chi connectivity index (χ2n) is 5.71. The number of rotatable bonds is 6. The van der Waals surface area contributed by atoms with Crippen LogP contribution in [0.4, 0.5) is 14.5 Å². The molecule has 0 atom stereocenters. The van der Waals surface area contributed by atoms with E-state index >= 15 is 0 Å². The Morgan fingerprint density at radius 3 is 2.44 bits per heavy atom. The van der Waals surface area contributed by atoms with E-state index in [0.29, 0.717) is 24.7 Å². The minimum atomic E-state index is -0.366. The second kappa shape index (κ2) is 11.5. The van der Waals surface area contributed by atoms with Gasteiger partial charge in [-0.2, -0.15) is 0 Å². The molecule has 0 aliphatic rings. The first-order valence-corrected chi connectivity index (χ1v) is 8.27. The first-order chi connectivity index (χ1) is 12.5. The fourth-order valence-electron chi connectivity index (χ4n) is 2.33. The molecule has 0 saturated carbocycles. The maximum Gasteiger partial charge on any atom is 0.246 e. The molecule has 0 radical (unpaired) electrons. The first-order valence-electron chi connectivity index (χ1n) is 8.27. The molecule has 2 aromatic rings. The molecule has 0 saturated heterocycles. The van der Waals surface area contributed by atoms with Gasteiger partial charge in [0.05, 0.1) is 0 Å². The van der Waals surface area contributed by atoms with E-state index in [1.165, 1.54) is 36.4 Å². The number of hydrogen-bond donors (Lipinski definition) is 2. The van der Waals surface area contributed by atoms with Gasteiger partial charge in [0.25, 0.3) is 0 Å². The largest absolute Gasteiger partial charge is 0.357 e. The highest BCUT2D eigenvalue weighted by Gasteiger charge is 2.09. The van der Waals surface area contributed by atoms with Crippen molar-refractivity contribution in [1.29, 1.82) is 0 Å². The zero-order chi connectivity index (χ0) is 18.9. The minimum absolute atomic E-state index is 0. The summed E-state index contributed by atoms with van der Waals surface area (Å²) < 4.78 is 26.2. The van der Waals surface area contributed by atoms with Crippen LogP contribution in [0.3, 0.4) is 0 Å². The highest BCUT2D eigenvalue weighted by Crippen LogP contribution is 2.08. The molecule has 0 spiro atoms. The smallest absolute Gasteiger partial charge is 0.246 e. The van der Waals surface area contributed by atoms with Gasteiger partial charge in [-0.1, -0.05) is 12.1 Å². The SMILES string of the molecule is CCNC(=NCC(=O)Nc1ccc(F)cc1)N(C)Cc1cccc(F)c1.I. The van der Waals surface area contributed by atoms with Crippen LogP contribution in [0.2, 0.25) is 0 Å². The van der Waals surface area contributed by atoms with Crippen LogP contribution in [0, 0.1) is 11.6 Å². The van der Waals surface area contributed by atoms with E-state index in [4.69, 9.17) is 0 Å². The molecule has 2 N–H and O–H groups in total. The number of aliphatic imine (C=N–C) groups is 1. The van der Waals surface area contributed by atoms with Gasteiger partial charge < -0.3 is 15.5 Å². The number of hydrogen-bond acceptors (Lipinski definition) is 2. The molecular formula is C19H23F2IN4O. The van der Waals surface area contributed by atoms with Gasteiger partial charge in [0.2, 0.25) is 5.91 Å². The number of carbonyl (C=O) groups excluding carboxylic acids is 1. The van der Waals surface area contributed by atoms with Crippen LogP contribution in [-0.4, -0.2) is 36.9 Å². The van der Waals surface area contributed by atoms with Gasteiger partial charge in [0, 0.05) is 25.8 Å². The lowest BCUT2D eigenvalue weighted by molar-refractivity contribution is -0.114. The van der Waals surface area contributed by atoms with Gasteiger partial charge in [-0.25, -0.2) is 13.8 Å². The number of nitrogens with one attached hydrogen (secondary N) is 2. The molecule has 0 fully saturated rings. The monoisotopic (exact) mass is 488 g/mol. The summed E-state index contributed by atoms with van der Waals surface area (Å²) in [5.41, 5.74) is 1.30. The van der Waals surface area contributed by atoms with Crippen molar-refractivity contribution in [1.82, 2.24) is 10.2 Å². The third-order valence-electron chi connectivity index (χ3n) is 3.51. The van der Waals surface area contributed by atoms with Crippen LogP contribution in [0.25, 0.3) is 0 Å². The molecule has 0 aliphatic carbocycles. The molecule has 1 amide bonds. The van der Waals surface area contributed by atoms with Crippen molar-refractivity contribution < 1.29 is 13.6 Å². The van der Waals surface area contributed by atoms with E-state index < -0.39 is 0 Å². The number of guanidine groups is 1. The Balaban J connectivity index is 0.00000364. The van der Waals surface area contributed by atoms with Gasteiger partial charge in [-0.05, 0) is 48.9 Å². The standard InChI is InChI=1S/C19H22F2N4O.HI/c1-3-22-19(25(2)13-14-5-4-6-16(21)11-14)23-12-18(26)24-17-9-7-15(20)8-10-17;/h4-11H,3,12-13H2,1-2H3,(H,22,23)(H,24,26);1H. The maximum absolute atomic E-state index is 13.3. The third-order valence-corrected chi connectivity index (χ3v) is 3.51. The Kier molecular flexibility index (Phi) is 9.70. The normalized spacial score (nSPS) is 10.7. The van der Waals surface area contributed by atoms with E-state index in [9.17, 15) is 13.6 Å². The number of benzene rings is 2. The summed E-state index contributed by atoms with van der Waals surface area (Å²) in [4.78, 5) is 18.1. The van der Waals surface area contributed by atoms with Crippen LogP contribution < -0.4 is 10.6 Å². The average Bonchev–Trinajstić information content (AvgIpc) is 2.60. The summed E-state index contributed by atoms with van der Waals surface area (Å²) in [6.07, 6.45) is 0. The molecule has 2 aromatic carbocycles. The van der Waals surface area contributed by atoms with Gasteiger partial charge >= 0.3 is 0 Å². The molecule has 0 aromatic heterocycles. The Labute approximate surface area is 174 Å². The summed E-state index contributed by atoms with van der Waals surface area (Å²) in [5.74, 6) is -0.442. The number of anilines is 1. The van der Waals surface area contributed by atoms with Crippen molar-refractivity contribution in [2.45, 2.75) is 13.5 Å². The summed E-state index contributed by atoms with van der Waals surface area (Å²) in [5, 5.41) is 5.75. The fourth-order valence-corrected chi connectivity index (χ4v) is 2.33. The van der Waals surface area contributed by atoms with Gasteiger partial charge in [-0.3, -0.25) is 4.79 Å². The maximum atomic E-state index is 13.3. The molecule has 8 heteroatoms. The van der Waals surface area contributed by atoms with Crippen LogP contribution in [-0.2, 0) is 11.3 Å². The first kappa shape index (κ1) is 22.8. The van der Waals surface area contributed by atoms with Crippen LogP contribution >= 0.6 is 24.0 Å². The number of carbonyl (C=O) groups is 1. The average molecular weight is 488 g/mol. The van der Waals surface area contributed by atoms with Crippen molar-refractivity contribution in [3.8, 4) is 0 Å². The van der Waals surface area contributed by atoms with E-state index in [1.54, 1.807) is 6.07 Å². The molecule has 0 bridgehead atoms. The van der Waals surface area contributed by atoms with Gasteiger partial charge in [0.15, 0.2) is 5.96 Å². The number of nitrogens with zero attached hydrogens (tertiary/aromatic N) is 2. The Hall–Kier alpha value is -2.23. The Morgan fingerprint density at radius 1 is 1.11 bits per heavy atom. The molecule has 146 valence electrons. The number of amides is 1.